The first-order valence-corrected chi connectivity index (χ1v) is 7.48. The molecule has 0 aromatic carbocycles. The van der Waals surface area contributed by atoms with Gasteiger partial charge in [0.2, 0.25) is 5.95 Å². The fourth-order valence-corrected chi connectivity index (χ4v) is 3.50. The zero-order chi connectivity index (χ0) is 13.4. The number of aliphatic hydroxyl groups excluding tert-OH is 1. The molecule has 1 saturated heterocycles. The van der Waals surface area contributed by atoms with Gasteiger partial charge < -0.3 is 15.7 Å². The summed E-state index contributed by atoms with van der Waals surface area (Å²) >= 11 is 1.67. The Morgan fingerprint density at radius 1 is 1.53 bits per heavy atom. The molecule has 3 heterocycles. The highest BCUT2D eigenvalue weighted by molar-refractivity contribution is 7.18. The van der Waals surface area contributed by atoms with Crippen molar-refractivity contribution in [1.29, 1.82) is 0 Å². The van der Waals surface area contributed by atoms with Gasteiger partial charge in [-0.2, -0.15) is 4.98 Å². The summed E-state index contributed by atoms with van der Waals surface area (Å²) < 4.78 is 0. The lowest BCUT2D eigenvalue weighted by atomic mass is 10.1. The second-order valence-electron chi connectivity index (χ2n) is 4.93. The first-order chi connectivity index (χ1) is 9.17. The standard InChI is InChI=1S/C13H18N4OS/c1-2-9-6-10-11(15-13(14)16-12(10)19-9)17-5-3-4-8(18)7-17/h6,8,18H,2-5,7H2,1H3,(H2,14,15,16). The first kappa shape index (κ1) is 12.6. The summed E-state index contributed by atoms with van der Waals surface area (Å²) in [6.07, 6.45) is 2.56. The van der Waals surface area contributed by atoms with Crippen molar-refractivity contribution in [3.05, 3.63) is 10.9 Å². The van der Waals surface area contributed by atoms with Gasteiger partial charge in [0, 0.05) is 18.0 Å². The van der Waals surface area contributed by atoms with E-state index in [1.165, 1.54) is 4.88 Å². The molecule has 1 unspecified atom stereocenters. The molecule has 1 fully saturated rings. The maximum Gasteiger partial charge on any atom is 0.223 e. The largest absolute Gasteiger partial charge is 0.391 e. The van der Waals surface area contributed by atoms with Crippen LogP contribution in [0, 0.1) is 0 Å². The van der Waals surface area contributed by atoms with E-state index in [9.17, 15) is 5.11 Å². The molecule has 19 heavy (non-hydrogen) atoms. The van der Waals surface area contributed by atoms with Crippen molar-refractivity contribution in [1.82, 2.24) is 9.97 Å². The van der Waals surface area contributed by atoms with Gasteiger partial charge >= 0.3 is 0 Å². The molecule has 2 aromatic rings. The monoisotopic (exact) mass is 278 g/mol. The molecule has 0 aliphatic carbocycles. The topological polar surface area (TPSA) is 75.3 Å². The fraction of sp³-hybridized carbons (Fsp3) is 0.538. The number of aryl methyl sites for hydroxylation is 1. The smallest absolute Gasteiger partial charge is 0.223 e. The average Bonchev–Trinajstić information content (AvgIpc) is 2.80. The number of hydrogen-bond acceptors (Lipinski definition) is 6. The molecule has 102 valence electrons. The molecule has 0 saturated carbocycles. The Kier molecular flexibility index (Phi) is 3.28. The van der Waals surface area contributed by atoms with E-state index in [0.717, 1.165) is 41.8 Å². The van der Waals surface area contributed by atoms with E-state index in [4.69, 9.17) is 5.73 Å². The van der Waals surface area contributed by atoms with Gasteiger partial charge in [0.1, 0.15) is 10.6 Å². The number of rotatable bonds is 2. The average molecular weight is 278 g/mol. The number of fused-ring (bicyclic) bond motifs is 1. The van der Waals surface area contributed by atoms with Gasteiger partial charge in [-0.25, -0.2) is 4.98 Å². The third kappa shape index (κ3) is 2.37. The van der Waals surface area contributed by atoms with Crippen molar-refractivity contribution in [2.45, 2.75) is 32.3 Å². The SMILES string of the molecule is CCc1cc2c(N3CCCC(O)C3)nc(N)nc2s1. The molecular weight excluding hydrogens is 260 g/mol. The van der Waals surface area contributed by atoms with Crippen molar-refractivity contribution in [2.75, 3.05) is 23.7 Å². The van der Waals surface area contributed by atoms with Crippen LogP contribution in [-0.4, -0.2) is 34.3 Å². The van der Waals surface area contributed by atoms with Gasteiger partial charge in [0.25, 0.3) is 0 Å². The highest BCUT2D eigenvalue weighted by Crippen LogP contribution is 2.33. The van der Waals surface area contributed by atoms with E-state index in [2.05, 4.69) is 27.9 Å². The number of β-amino-alcohol motifs (C(OH)–C–C–N with tert-alkyl or cyclic N) is 1. The van der Waals surface area contributed by atoms with E-state index in [1.54, 1.807) is 11.3 Å². The number of thiophene rings is 1. The van der Waals surface area contributed by atoms with Gasteiger partial charge in [-0.15, -0.1) is 11.3 Å². The summed E-state index contributed by atoms with van der Waals surface area (Å²) in [5.74, 6) is 1.18. The lowest BCUT2D eigenvalue weighted by Gasteiger charge is -2.31. The van der Waals surface area contributed by atoms with Crippen molar-refractivity contribution in [2.24, 2.45) is 0 Å². The molecule has 0 amide bonds. The van der Waals surface area contributed by atoms with E-state index in [1.807, 2.05) is 0 Å². The quantitative estimate of drug-likeness (QED) is 0.876. The predicted molar refractivity (Wildman–Crippen MR) is 78.7 cm³/mol. The number of nitrogen functional groups attached to an aromatic ring is 1. The lowest BCUT2D eigenvalue weighted by Crippen LogP contribution is -2.38. The van der Waals surface area contributed by atoms with Crippen molar-refractivity contribution < 1.29 is 5.11 Å². The van der Waals surface area contributed by atoms with E-state index in [-0.39, 0.29) is 6.10 Å². The van der Waals surface area contributed by atoms with Gasteiger partial charge in [0.15, 0.2) is 0 Å². The Balaban J connectivity index is 2.08. The molecule has 5 nitrogen and oxygen atoms in total. The summed E-state index contributed by atoms with van der Waals surface area (Å²) in [7, 11) is 0. The molecule has 2 aromatic heterocycles. The van der Waals surface area contributed by atoms with Crippen molar-refractivity contribution in [3.8, 4) is 0 Å². The van der Waals surface area contributed by atoms with Crippen LogP contribution in [0.5, 0.6) is 0 Å². The van der Waals surface area contributed by atoms with E-state index in [0.29, 0.717) is 12.5 Å². The van der Waals surface area contributed by atoms with Crippen molar-refractivity contribution in [3.63, 3.8) is 0 Å². The third-order valence-corrected chi connectivity index (χ3v) is 4.66. The second-order valence-corrected chi connectivity index (χ2v) is 6.05. The summed E-state index contributed by atoms with van der Waals surface area (Å²) in [5.41, 5.74) is 5.81. The number of anilines is 2. The van der Waals surface area contributed by atoms with Crippen LogP contribution < -0.4 is 10.6 Å². The third-order valence-electron chi connectivity index (χ3n) is 3.49. The maximum atomic E-state index is 9.82. The highest BCUT2D eigenvalue weighted by atomic mass is 32.1. The van der Waals surface area contributed by atoms with Crippen LogP contribution in [0.25, 0.3) is 10.2 Å². The van der Waals surface area contributed by atoms with Gasteiger partial charge in [-0.3, -0.25) is 0 Å². The molecule has 0 radical (unpaired) electrons. The molecule has 0 spiro atoms. The number of piperidine rings is 1. The number of nitrogens with two attached hydrogens (primary N) is 1. The van der Waals surface area contributed by atoms with E-state index < -0.39 is 0 Å². The minimum absolute atomic E-state index is 0.274. The highest BCUT2D eigenvalue weighted by Gasteiger charge is 2.22. The summed E-state index contributed by atoms with van der Waals surface area (Å²) in [4.78, 5) is 13.1. The van der Waals surface area contributed by atoms with Crippen molar-refractivity contribution >= 4 is 33.3 Å². The van der Waals surface area contributed by atoms with Gasteiger partial charge in [0.05, 0.1) is 11.5 Å². The first-order valence-electron chi connectivity index (χ1n) is 6.66. The Hall–Kier alpha value is -1.40. The minimum atomic E-state index is -0.274. The van der Waals surface area contributed by atoms with E-state index >= 15 is 0 Å². The Morgan fingerprint density at radius 3 is 3.11 bits per heavy atom. The van der Waals surface area contributed by atoms with Gasteiger partial charge in [-0.1, -0.05) is 6.92 Å². The molecule has 3 rings (SSSR count). The fourth-order valence-electron chi connectivity index (χ4n) is 2.53. The summed E-state index contributed by atoms with van der Waals surface area (Å²) in [5, 5.41) is 10.9. The predicted octanol–water partition coefficient (Wildman–Crippen LogP) is 1.80. The molecule has 3 N–H and O–H groups in total. The molecule has 1 aliphatic rings. The molecular formula is C13H18N4OS. The summed E-state index contributed by atoms with van der Waals surface area (Å²) in [6, 6.07) is 2.15. The molecule has 1 aliphatic heterocycles. The Morgan fingerprint density at radius 2 is 2.37 bits per heavy atom. The summed E-state index contributed by atoms with van der Waals surface area (Å²) in [6.45, 7) is 3.68. The molecule has 0 bridgehead atoms. The zero-order valence-electron chi connectivity index (χ0n) is 11.0. The molecule has 1 atom stereocenters. The van der Waals surface area contributed by atoms with Crippen LogP contribution in [0.2, 0.25) is 0 Å². The van der Waals surface area contributed by atoms with Gasteiger partial charge in [-0.05, 0) is 25.3 Å². The molecule has 6 heteroatoms. The minimum Gasteiger partial charge on any atom is -0.391 e. The van der Waals surface area contributed by atoms with Crippen LogP contribution >= 0.6 is 11.3 Å². The number of aliphatic hydroxyl groups is 1. The second kappa shape index (κ2) is 4.94. The number of nitrogens with zero attached hydrogens (tertiary/aromatic N) is 3. The Bertz CT molecular complexity index is 598. The van der Waals surface area contributed by atoms with Crippen LogP contribution in [0.15, 0.2) is 6.07 Å². The number of aromatic nitrogens is 2. The normalized spacial score (nSPS) is 20.1. The zero-order valence-corrected chi connectivity index (χ0v) is 11.8. The Labute approximate surface area is 116 Å². The van der Waals surface area contributed by atoms with Crippen LogP contribution in [0.4, 0.5) is 11.8 Å². The van der Waals surface area contributed by atoms with Crippen LogP contribution in [0.3, 0.4) is 0 Å². The van der Waals surface area contributed by atoms with Crippen LogP contribution in [-0.2, 0) is 6.42 Å². The maximum absolute atomic E-state index is 9.82. The number of hydrogen-bond donors (Lipinski definition) is 2. The lowest BCUT2D eigenvalue weighted by molar-refractivity contribution is 0.154. The van der Waals surface area contributed by atoms with Crippen LogP contribution in [0.1, 0.15) is 24.6 Å².